The molecule has 78 valence electrons. The minimum atomic E-state index is -1.20. The van der Waals surface area contributed by atoms with E-state index in [1.54, 1.807) is 0 Å². The molecule has 1 heteroatoms. The van der Waals surface area contributed by atoms with Gasteiger partial charge in [-0.1, -0.05) is 62.3 Å². The van der Waals surface area contributed by atoms with Crippen LogP contribution in [0.1, 0.15) is 5.56 Å². The highest BCUT2D eigenvalue weighted by Crippen LogP contribution is 2.18. The van der Waals surface area contributed by atoms with Gasteiger partial charge in [0.15, 0.2) is 0 Å². The smallest absolute Gasteiger partial charge is 0.0695 e. The third-order valence-corrected chi connectivity index (χ3v) is 3.13. The molecule has 0 atom stereocenters. The first kappa shape index (κ1) is 11.8. The summed E-state index contributed by atoms with van der Waals surface area (Å²) in [6.07, 6.45) is 1.97. The van der Waals surface area contributed by atoms with Crippen molar-refractivity contribution >= 4 is 13.6 Å². The van der Waals surface area contributed by atoms with Crippen molar-refractivity contribution < 1.29 is 0 Å². The Balaban J connectivity index is 3.15. The van der Waals surface area contributed by atoms with Crippen LogP contribution in [0.3, 0.4) is 0 Å². The fourth-order valence-corrected chi connectivity index (χ4v) is 2.60. The zero-order valence-corrected chi connectivity index (χ0v) is 10.7. The van der Waals surface area contributed by atoms with Crippen molar-refractivity contribution in [1.82, 2.24) is 0 Å². The Bertz CT molecular complexity index is 387. The van der Waals surface area contributed by atoms with Crippen LogP contribution in [0.25, 0.3) is 5.57 Å². The molecule has 1 rings (SSSR count). The summed E-state index contributed by atoms with van der Waals surface area (Å²) in [5.74, 6) is 0. The molecule has 0 saturated carbocycles. The molecule has 0 aliphatic rings. The van der Waals surface area contributed by atoms with Gasteiger partial charge in [0.25, 0.3) is 0 Å². The van der Waals surface area contributed by atoms with Crippen LogP contribution in [-0.4, -0.2) is 8.07 Å². The molecule has 0 fully saturated rings. The average molecular weight is 214 g/mol. The molecule has 1 aromatic rings. The lowest BCUT2D eigenvalue weighted by molar-refractivity contribution is 1.62. The topological polar surface area (TPSA) is 0 Å². The molecular formula is C14H18Si. The van der Waals surface area contributed by atoms with Gasteiger partial charge in [0, 0.05) is 0 Å². The van der Waals surface area contributed by atoms with Crippen molar-refractivity contribution in [2.24, 2.45) is 0 Å². The van der Waals surface area contributed by atoms with Crippen LogP contribution in [-0.2, 0) is 0 Å². The zero-order valence-electron chi connectivity index (χ0n) is 9.75. The van der Waals surface area contributed by atoms with Gasteiger partial charge in [0.2, 0.25) is 0 Å². The van der Waals surface area contributed by atoms with E-state index in [4.69, 9.17) is 0 Å². The molecule has 0 aromatic heterocycles. The number of hydrogen-bond acceptors (Lipinski definition) is 0. The molecule has 0 radical (unpaired) electrons. The SMILES string of the molecule is C=C=C/C(=C\[Si](C)(C)C)c1ccccc1. The lowest BCUT2D eigenvalue weighted by Gasteiger charge is -2.12. The zero-order chi connectivity index (χ0) is 11.3. The standard InChI is InChI=1S/C14H18Si/c1-5-9-14(12-15(2,3)4)13-10-7-6-8-11-13/h6-12H,1H2,2-4H3/b14-12+. The van der Waals surface area contributed by atoms with E-state index in [0.29, 0.717) is 0 Å². The molecule has 0 spiro atoms. The normalized spacial score (nSPS) is 12.1. The lowest BCUT2D eigenvalue weighted by atomic mass is 10.1. The van der Waals surface area contributed by atoms with E-state index in [2.05, 4.69) is 61.9 Å². The summed E-state index contributed by atoms with van der Waals surface area (Å²) < 4.78 is 0. The van der Waals surface area contributed by atoms with Gasteiger partial charge in [0.1, 0.15) is 0 Å². The van der Waals surface area contributed by atoms with E-state index in [9.17, 15) is 0 Å². The van der Waals surface area contributed by atoms with E-state index in [1.807, 2.05) is 12.1 Å². The van der Waals surface area contributed by atoms with Crippen molar-refractivity contribution in [2.45, 2.75) is 19.6 Å². The van der Waals surface area contributed by atoms with Crippen molar-refractivity contribution in [2.75, 3.05) is 0 Å². The molecule has 0 nitrogen and oxygen atoms in total. The van der Waals surface area contributed by atoms with E-state index < -0.39 is 8.07 Å². The molecule has 0 unspecified atom stereocenters. The van der Waals surface area contributed by atoms with Crippen molar-refractivity contribution in [3.8, 4) is 0 Å². The fraction of sp³-hybridized carbons (Fsp3) is 0.214. The van der Waals surface area contributed by atoms with Crippen LogP contribution in [0, 0.1) is 0 Å². The van der Waals surface area contributed by atoms with Gasteiger partial charge in [-0.2, -0.15) is 0 Å². The Labute approximate surface area is 93.7 Å². The monoisotopic (exact) mass is 214 g/mol. The molecular weight excluding hydrogens is 196 g/mol. The Kier molecular flexibility index (Phi) is 3.90. The maximum absolute atomic E-state index is 3.65. The Hall–Kier alpha value is -1.30. The third-order valence-electron chi connectivity index (χ3n) is 1.95. The van der Waals surface area contributed by atoms with Crippen LogP contribution in [0.5, 0.6) is 0 Å². The maximum atomic E-state index is 3.65. The van der Waals surface area contributed by atoms with Gasteiger partial charge in [-0.15, -0.1) is 5.73 Å². The van der Waals surface area contributed by atoms with E-state index in [1.165, 1.54) is 11.1 Å². The molecule has 0 bridgehead atoms. The van der Waals surface area contributed by atoms with E-state index >= 15 is 0 Å². The predicted molar refractivity (Wildman–Crippen MR) is 71.5 cm³/mol. The van der Waals surface area contributed by atoms with Crippen molar-refractivity contribution in [1.29, 1.82) is 0 Å². The summed E-state index contributed by atoms with van der Waals surface area (Å²) >= 11 is 0. The summed E-state index contributed by atoms with van der Waals surface area (Å²) in [6, 6.07) is 10.4. The maximum Gasteiger partial charge on any atom is 0.0695 e. The van der Waals surface area contributed by atoms with Gasteiger partial charge in [-0.05, 0) is 17.2 Å². The fourth-order valence-electron chi connectivity index (χ4n) is 1.42. The lowest BCUT2D eigenvalue weighted by Crippen LogP contribution is -2.16. The molecule has 0 saturated heterocycles. The second-order valence-electron chi connectivity index (χ2n) is 4.68. The summed E-state index contributed by atoms with van der Waals surface area (Å²) in [6.45, 7) is 10.6. The van der Waals surface area contributed by atoms with Crippen LogP contribution < -0.4 is 0 Å². The highest BCUT2D eigenvalue weighted by atomic mass is 28.3. The number of rotatable bonds is 3. The Morgan fingerprint density at radius 1 is 1.20 bits per heavy atom. The number of benzene rings is 1. The van der Waals surface area contributed by atoms with Crippen LogP contribution >= 0.6 is 0 Å². The van der Waals surface area contributed by atoms with Gasteiger partial charge in [-0.3, -0.25) is 0 Å². The Morgan fingerprint density at radius 2 is 1.80 bits per heavy atom. The molecule has 0 aliphatic carbocycles. The third kappa shape index (κ3) is 4.16. The van der Waals surface area contributed by atoms with E-state index in [-0.39, 0.29) is 0 Å². The average Bonchev–Trinajstić information content (AvgIpc) is 2.17. The van der Waals surface area contributed by atoms with Crippen LogP contribution in [0.4, 0.5) is 0 Å². The first-order valence-corrected chi connectivity index (χ1v) is 8.75. The summed E-state index contributed by atoms with van der Waals surface area (Å²) in [5.41, 5.74) is 7.73. The molecule has 0 N–H and O–H groups in total. The van der Waals surface area contributed by atoms with Crippen LogP contribution in [0.2, 0.25) is 19.6 Å². The molecule has 0 aliphatic heterocycles. The van der Waals surface area contributed by atoms with Crippen LogP contribution in [0.15, 0.2) is 54.4 Å². The minimum Gasteiger partial charge on any atom is -0.128 e. The summed E-state index contributed by atoms with van der Waals surface area (Å²) in [7, 11) is -1.20. The minimum absolute atomic E-state index is 1.20. The van der Waals surface area contributed by atoms with Gasteiger partial charge >= 0.3 is 0 Å². The first-order chi connectivity index (χ1) is 7.03. The van der Waals surface area contributed by atoms with Crippen molar-refractivity contribution in [3.05, 3.63) is 60.0 Å². The Morgan fingerprint density at radius 3 is 2.27 bits per heavy atom. The highest BCUT2D eigenvalue weighted by molar-refractivity contribution is 6.81. The van der Waals surface area contributed by atoms with Gasteiger partial charge in [0.05, 0.1) is 8.07 Å². The number of allylic oxidation sites excluding steroid dienone is 2. The summed E-state index contributed by atoms with van der Waals surface area (Å²) in [4.78, 5) is 0. The molecule has 15 heavy (non-hydrogen) atoms. The second kappa shape index (κ2) is 4.97. The van der Waals surface area contributed by atoms with Gasteiger partial charge < -0.3 is 0 Å². The largest absolute Gasteiger partial charge is 0.128 e. The van der Waals surface area contributed by atoms with Crippen molar-refractivity contribution in [3.63, 3.8) is 0 Å². The summed E-state index contributed by atoms with van der Waals surface area (Å²) in [5, 5.41) is 0. The van der Waals surface area contributed by atoms with E-state index in [0.717, 1.165) is 0 Å². The second-order valence-corrected chi connectivity index (χ2v) is 9.70. The van der Waals surface area contributed by atoms with Gasteiger partial charge in [-0.25, -0.2) is 0 Å². The predicted octanol–water partition coefficient (Wildman–Crippen LogP) is 4.29. The highest BCUT2D eigenvalue weighted by Gasteiger charge is 2.10. The molecule has 1 aromatic carbocycles. The number of hydrogen-bond donors (Lipinski definition) is 0. The first-order valence-electron chi connectivity index (χ1n) is 5.17. The molecule has 0 heterocycles. The quantitative estimate of drug-likeness (QED) is 0.400. The molecule has 0 amide bonds.